The number of carbonyl (C=O) groups excluding carboxylic acids is 2. The van der Waals surface area contributed by atoms with Gasteiger partial charge in [0.05, 0.1) is 11.0 Å². The Balaban J connectivity index is 1.44. The summed E-state index contributed by atoms with van der Waals surface area (Å²) in [7, 11) is 3.37. The molecule has 4 rings (SSSR count). The molecule has 2 amide bonds. The van der Waals surface area contributed by atoms with E-state index in [1.54, 1.807) is 23.2 Å². The lowest BCUT2D eigenvalue weighted by atomic mass is 10.1. The zero-order valence-electron chi connectivity index (χ0n) is 19.3. The standard InChI is InChI=1S/C24H24N6O4/c1-13-5-7-17-15(11-13)21(23(33)29(17)3)27-25-19(31)9-10-20(32)26-28-22-16-12-14(2)6-8-18(16)30(4)24(22)34/h5-8,11-12,33-34H,9-10H2,1-4H3. The van der Waals surface area contributed by atoms with Crippen molar-refractivity contribution in [2.45, 2.75) is 26.7 Å². The van der Waals surface area contributed by atoms with E-state index in [0.29, 0.717) is 10.8 Å². The second-order valence-electron chi connectivity index (χ2n) is 8.19. The SMILES string of the molecule is Cc1ccc2c(c1)c(N=NC(=O)CCC(=O)N=Nc1c(O)n(C)c3ccc(C)cc13)c(O)n2C. The summed E-state index contributed by atoms with van der Waals surface area (Å²) in [4.78, 5) is 24.3. The van der Waals surface area contributed by atoms with Gasteiger partial charge in [0, 0.05) is 37.7 Å². The lowest BCUT2D eigenvalue weighted by Gasteiger charge is -1.96. The van der Waals surface area contributed by atoms with Gasteiger partial charge < -0.3 is 19.3 Å². The number of hydrogen-bond donors (Lipinski definition) is 2. The summed E-state index contributed by atoms with van der Waals surface area (Å²) in [6, 6.07) is 11.2. The van der Waals surface area contributed by atoms with Gasteiger partial charge in [-0.05, 0) is 38.1 Å². The van der Waals surface area contributed by atoms with E-state index < -0.39 is 11.8 Å². The van der Waals surface area contributed by atoms with Gasteiger partial charge in [-0.15, -0.1) is 20.5 Å². The number of azo groups is 2. The summed E-state index contributed by atoms with van der Waals surface area (Å²) in [5.74, 6) is -1.47. The zero-order valence-corrected chi connectivity index (χ0v) is 19.3. The van der Waals surface area contributed by atoms with Crippen molar-refractivity contribution >= 4 is 45.0 Å². The van der Waals surface area contributed by atoms with Gasteiger partial charge in [-0.1, -0.05) is 23.3 Å². The van der Waals surface area contributed by atoms with E-state index in [0.717, 1.165) is 22.2 Å². The van der Waals surface area contributed by atoms with Crippen LogP contribution in [-0.2, 0) is 23.7 Å². The smallest absolute Gasteiger partial charge is 0.265 e. The van der Waals surface area contributed by atoms with Crippen LogP contribution in [0.2, 0.25) is 0 Å². The number of amides is 2. The topological polar surface area (TPSA) is 134 Å². The molecule has 2 aromatic carbocycles. The van der Waals surface area contributed by atoms with Gasteiger partial charge in [0.2, 0.25) is 11.8 Å². The summed E-state index contributed by atoms with van der Waals surface area (Å²) >= 11 is 0. The maximum atomic E-state index is 12.2. The Morgan fingerprint density at radius 2 is 1.12 bits per heavy atom. The van der Waals surface area contributed by atoms with Crippen LogP contribution in [0, 0.1) is 13.8 Å². The number of hydrogen-bond acceptors (Lipinski definition) is 6. The van der Waals surface area contributed by atoms with Crippen LogP contribution in [0.4, 0.5) is 11.4 Å². The van der Waals surface area contributed by atoms with Crippen LogP contribution in [-0.4, -0.2) is 31.2 Å². The molecule has 2 N–H and O–H groups in total. The first-order chi connectivity index (χ1) is 16.2. The summed E-state index contributed by atoms with van der Waals surface area (Å²) in [5.41, 5.74) is 3.86. The Morgan fingerprint density at radius 3 is 1.50 bits per heavy atom. The molecule has 2 aromatic heterocycles. The van der Waals surface area contributed by atoms with Crippen molar-refractivity contribution in [1.82, 2.24) is 9.13 Å². The fraction of sp³-hybridized carbons (Fsp3) is 0.250. The minimum atomic E-state index is -0.628. The molecular weight excluding hydrogens is 436 g/mol. The lowest BCUT2D eigenvalue weighted by molar-refractivity contribution is -0.123. The average molecular weight is 460 g/mol. The third-order valence-electron chi connectivity index (χ3n) is 5.67. The molecule has 0 aliphatic rings. The molecule has 0 aliphatic heterocycles. The molecule has 34 heavy (non-hydrogen) atoms. The first kappa shape index (κ1) is 22.8. The van der Waals surface area contributed by atoms with Crippen LogP contribution in [0.3, 0.4) is 0 Å². The quantitative estimate of drug-likeness (QED) is 0.386. The van der Waals surface area contributed by atoms with Crippen molar-refractivity contribution in [3.8, 4) is 11.8 Å². The van der Waals surface area contributed by atoms with Gasteiger partial charge >= 0.3 is 0 Å². The predicted molar refractivity (Wildman–Crippen MR) is 127 cm³/mol. The Hall–Kier alpha value is -4.34. The normalized spacial score (nSPS) is 12.0. The van der Waals surface area contributed by atoms with E-state index in [4.69, 9.17) is 0 Å². The second kappa shape index (κ2) is 8.89. The predicted octanol–water partition coefficient (Wildman–Crippen LogP) is 5.40. The van der Waals surface area contributed by atoms with Crippen molar-refractivity contribution < 1.29 is 19.8 Å². The Kier molecular flexibility index (Phi) is 5.97. The molecule has 10 nitrogen and oxygen atoms in total. The number of nitrogens with zero attached hydrogens (tertiary/aromatic N) is 6. The molecule has 0 atom stereocenters. The highest BCUT2D eigenvalue weighted by Gasteiger charge is 2.16. The fourth-order valence-electron chi connectivity index (χ4n) is 3.77. The molecule has 10 heteroatoms. The minimum absolute atomic E-state index is 0.104. The first-order valence-corrected chi connectivity index (χ1v) is 10.6. The largest absolute Gasteiger partial charge is 0.493 e. The van der Waals surface area contributed by atoms with E-state index in [9.17, 15) is 19.8 Å². The van der Waals surface area contributed by atoms with Gasteiger partial charge in [-0.25, -0.2) is 0 Å². The number of aryl methyl sites for hydroxylation is 4. The zero-order chi connectivity index (χ0) is 24.6. The summed E-state index contributed by atoms with van der Waals surface area (Å²) < 4.78 is 3.11. The number of aromatic nitrogens is 2. The van der Waals surface area contributed by atoms with E-state index in [1.807, 2.05) is 50.2 Å². The van der Waals surface area contributed by atoms with Crippen molar-refractivity contribution in [2.24, 2.45) is 34.6 Å². The highest BCUT2D eigenvalue weighted by atomic mass is 16.3. The van der Waals surface area contributed by atoms with Crippen LogP contribution in [0.1, 0.15) is 24.0 Å². The van der Waals surface area contributed by atoms with Crippen molar-refractivity contribution in [1.29, 1.82) is 0 Å². The van der Waals surface area contributed by atoms with E-state index in [1.165, 1.54) is 0 Å². The number of fused-ring (bicyclic) bond motifs is 2. The third-order valence-corrected chi connectivity index (χ3v) is 5.67. The first-order valence-electron chi connectivity index (χ1n) is 10.6. The third kappa shape index (κ3) is 4.17. The fourth-order valence-corrected chi connectivity index (χ4v) is 3.77. The molecule has 0 spiro atoms. The van der Waals surface area contributed by atoms with E-state index in [-0.39, 0.29) is 36.0 Å². The molecule has 0 unspecified atom stereocenters. The molecule has 4 aromatic rings. The van der Waals surface area contributed by atoms with Gasteiger partial charge in [-0.3, -0.25) is 9.59 Å². The molecule has 0 radical (unpaired) electrons. The van der Waals surface area contributed by atoms with Crippen molar-refractivity contribution in [2.75, 3.05) is 0 Å². The summed E-state index contributed by atoms with van der Waals surface area (Å²) in [6.45, 7) is 3.82. The highest BCUT2D eigenvalue weighted by molar-refractivity contribution is 5.96. The number of benzene rings is 2. The van der Waals surface area contributed by atoms with Crippen LogP contribution < -0.4 is 0 Å². The molecule has 174 valence electrons. The Bertz CT molecular complexity index is 1400. The molecule has 2 heterocycles. The minimum Gasteiger partial charge on any atom is -0.493 e. The molecule has 0 fully saturated rings. The summed E-state index contributed by atoms with van der Waals surface area (Å²) in [6.07, 6.45) is -0.431. The van der Waals surface area contributed by atoms with Gasteiger partial charge in [0.15, 0.2) is 11.4 Å². The summed E-state index contributed by atoms with van der Waals surface area (Å²) in [5, 5.41) is 37.2. The highest BCUT2D eigenvalue weighted by Crippen LogP contribution is 2.39. The van der Waals surface area contributed by atoms with Crippen molar-refractivity contribution in [3.05, 3.63) is 47.5 Å². The van der Waals surface area contributed by atoms with Gasteiger partial charge in [-0.2, -0.15) is 0 Å². The maximum Gasteiger partial charge on any atom is 0.265 e. The van der Waals surface area contributed by atoms with Crippen molar-refractivity contribution in [3.63, 3.8) is 0 Å². The maximum absolute atomic E-state index is 12.2. The Morgan fingerprint density at radius 1 is 0.735 bits per heavy atom. The van der Waals surface area contributed by atoms with Gasteiger partial charge in [0.1, 0.15) is 0 Å². The molecule has 0 saturated carbocycles. The number of aromatic hydroxyl groups is 2. The monoisotopic (exact) mass is 460 g/mol. The molecular formula is C24H24N6O4. The van der Waals surface area contributed by atoms with Crippen LogP contribution in [0.15, 0.2) is 56.9 Å². The molecule has 0 saturated heterocycles. The second-order valence-corrected chi connectivity index (χ2v) is 8.19. The van der Waals surface area contributed by atoms with Gasteiger partial charge in [0.25, 0.3) is 11.8 Å². The number of carbonyl (C=O) groups is 2. The number of rotatable bonds is 5. The molecule has 0 bridgehead atoms. The lowest BCUT2D eigenvalue weighted by Crippen LogP contribution is -1.98. The van der Waals surface area contributed by atoms with Crippen LogP contribution in [0.5, 0.6) is 11.8 Å². The Labute approximate surface area is 194 Å². The molecule has 0 aliphatic carbocycles. The average Bonchev–Trinajstić information content (AvgIpc) is 3.18. The van der Waals surface area contributed by atoms with Crippen LogP contribution >= 0.6 is 0 Å². The van der Waals surface area contributed by atoms with E-state index in [2.05, 4.69) is 20.5 Å². The van der Waals surface area contributed by atoms with Crippen LogP contribution in [0.25, 0.3) is 21.8 Å². The van der Waals surface area contributed by atoms with E-state index >= 15 is 0 Å².